The number of hydrogen-bond acceptors (Lipinski definition) is 1. The van der Waals surface area contributed by atoms with Crippen LogP contribution < -0.4 is 4.90 Å². The Hall–Kier alpha value is -7.42. The molecule has 0 saturated heterocycles. The van der Waals surface area contributed by atoms with E-state index >= 15 is 0 Å². The number of hydrogen-bond donors (Lipinski definition) is 0. The summed E-state index contributed by atoms with van der Waals surface area (Å²) in [7, 11) is 0. The monoisotopic (exact) mass is 712 g/mol. The number of anilines is 3. The van der Waals surface area contributed by atoms with Gasteiger partial charge < -0.3 is 9.47 Å². The number of para-hydroxylation sites is 2. The van der Waals surface area contributed by atoms with E-state index in [1.165, 1.54) is 82.1 Å². The average Bonchev–Trinajstić information content (AvgIpc) is 3.61. The van der Waals surface area contributed by atoms with Gasteiger partial charge >= 0.3 is 0 Å². The lowest BCUT2D eigenvalue weighted by atomic mass is 9.97. The second-order valence-electron chi connectivity index (χ2n) is 14.6. The van der Waals surface area contributed by atoms with Crippen molar-refractivity contribution in [3.63, 3.8) is 0 Å². The summed E-state index contributed by atoms with van der Waals surface area (Å²) < 4.78 is 2.37. The second kappa shape index (κ2) is 13.2. The highest BCUT2D eigenvalue weighted by atomic mass is 15.1. The van der Waals surface area contributed by atoms with Crippen molar-refractivity contribution >= 4 is 71.2 Å². The minimum absolute atomic E-state index is 1.10. The van der Waals surface area contributed by atoms with Gasteiger partial charge in [-0.3, -0.25) is 0 Å². The maximum Gasteiger partial charge on any atom is 0.0541 e. The van der Waals surface area contributed by atoms with Crippen LogP contribution in [0.3, 0.4) is 0 Å². The molecule has 0 spiro atoms. The highest BCUT2D eigenvalue weighted by molar-refractivity contribution is 6.11. The van der Waals surface area contributed by atoms with Crippen LogP contribution in [-0.2, 0) is 0 Å². The van der Waals surface area contributed by atoms with E-state index < -0.39 is 0 Å². The van der Waals surface area contributed by atoms with Crippen molar-refractivity contribution in [3.8, 4) is 27.9 Å². The Morgan fingerprint density at radius 3 is 1.70 bits per heavy atom. The minimum atomic E-state index is 1.10. The van der Waals surface area contributed by atoms with Gasteiger partial charge in [0, 0.05) is 33.5 Å². The van der Waals surface area contributed by atoms with Gasteiger partial charge in [0.25, 0.3) is 0 Å². The molecule has 0 aliphatic rings. The highest BCUT2D eigenvalue weighted by Gasteiger charge is 2.17. The van der Waals surface area contributed by atoms with Crippen LogP contribution in [0.1, 0.15) is 0 Å². The fourth-order valence-electron chi connectivity index (χ4n) is 8.68. The molecule has 0 aliphatic heterocycles. The van der Waals surface area contributed by atoms with E-state index in [0.29, 0.717) is 0 Å². The third kappa shape index (κ3) is 5.34. The van der Waals surface area contributed by atoms with Gasteiger partial charge in [-0.1, -0.05) is 152 Å². The Morgan fingerprint density at radius 1 is 0.286 bits per heavy atom. The molecule has 0 amide bonds. The summed E-state index contributed by atoms with van der Waals surface area (Å²) in [6, 6.07) is 79.5. The number of aromatic nitrogens is 1. The topological polar surface area (TPSA) is 8.17 Å². The predicted octanol–water partition coefficient (Wildman–Crippen LogP) is 15.0. The van der Waals surface area contributed by atoms with Crippen LogP contribution in [-0.4, -0.2) is 4.57 Å². The molecule has 11 rings (SSSR count). The lowest BCUT2D eigenvalue weighted by Crippen LogP contribution is -2.10. The van der Waals surface area contributed by atoms with E-state index in [1.54, 1.807) is 0 Å². The van der Waals surface area contributed by atoms with Crippen molar-refractivity contribution in [2.24, 2.45) is 0 Å². The summed E-state index contributed by atoms with van der Waals surface area (Å²) in [5.74, 6) is 0. The molecule has 1 aromatic heterocycles. The first-order valence-corrected chi connectivity index (χ1v) is 19.3. The van der Waals surface area contributed by atoms with Gasteiger partial charge in [0.15, 0.2) is 0 Å². The summed E-state index contributed by atoms with van der Waals surface area (Å²) >= 11 is 0. The van der Waals surface area contributed by atoms with Gasteiger partial charge in [-0.2, -0.15) is 0 Å². The zero-order valence-corrected chi connectivity index (χ0v) is 30.7. The lowest BCUT2D eigenvalue weighted by Gasteiger charge is -2.27. The standard InChI is InChI=1S/C54H36N2/c1-2-16-43(17-3-1)56-53-23-9-8-21-50(53)52-35-42(29-33-54(52)56)41-15-10-18-45(34-41)55(46-32-28-40-25-24-38-13-5-7-20-49(38)51(40)36-46)44-30-26-39(27-31-44)48-22-11-14-37-12-4-6-19-47(37)48/h1-36H. The van der Waals surface area contributed by atoms with Gasteiger partial charge in [-0.25, -0.2) is 0 Å². The molecule has 10 aromatic carbocycles. The lowest BCUT2D eigenvalue weighted by molar-refractivity contribution is 1.18. The van der Waals surface area contributed by atoms with Crippen LogP contribution in [0.25, 0.3) is 82.1 Å². The molecule has 0 atom stereocenters. The summed E-state index contributed by atoms with van der Waals surface area (Å²) in [5, 5.41) is 9.99. The van der Waals surface area contributed by atoms with Crippen molar-refractivity contribution in [1.29, 1.82) is 0 Å². The van der Waals surface area contributed by atoms with Crippen molar-refractivity contribution in [3.05, 3.63) is 218 Å². The molecular weight excluding hydrogens is 677 g/mol. The zero-order chi connectivity index (χ0) is 37.0. The third-order valence-corrected chi connectivity index (χ3v) is 11.3. The summed E-state index contributed by atoms with van der Waals surface area (Å²) in [4.78, 5) is 2.40. The van der Waals surface area contributed by atoms with Gasteiger partial charge in [-0.15, -0.1) is 0 Å². The van der Waals surface area contributed by atoms with Crippen LogP contribution in [0.5, 0.6) is 0 Å². The van der Waals surface area contributed by atoms with Crippen LogP contribution in [0.4, 0.5) is 17.1 Å². The van der Waals surface area contributed by atoms with Crippen LogP contribution in [0.2, 0.25) is 0 Å². The van der Waals surface area contributed by atoms with E-state index in [2.05, 4.69) is 228 Å². The van der Waals surface area contributed by atoms with E-state index in [1.807, 2.05) is 0 Å². The summed E-state index contributed by atoms with van der Waals surface area (Å²) in [5.41, 5.74) is 11.7. The number of fused-ring (bicyclic) bond motifs is 7. The Morgan fingerprint density at radius 2 is 0.857 bits per heavy atom. The van der Waals surface area contributed by atoms with Crippen molar-refractivity contribution in [2.45, 2.75) is 0 Å². The Bertz CT molecular complexity index is 3240. The number of nitrogens with zero attached hydrogens (tertiary/aromatic N) is 2. The molecule has 0 radical (unpaired) electrons. The molecule has 0 aliphatic carbocycles. The predicted molar refractivity (Wildman–Crippen MR) is 239 cm³/mol. The maximum absolute atomic E-state index is 2.40. The molecule has 262 valence electrons. The normalized spacial score (nSPS) is 11.6. The van der Waals surface area contributed by atoms with E-state index in [-0.39, 0.29) is 0 Å². The molecule has 0 unspecified atom stereocenters. The quantitative estimate of drug-likeness (QED) is 0.156. The molecule has 0 fully saturated rings. The molecule has 2 heteroatoms. The first kappa shape index (κ1) is 32.0. The Balaban J connectivity index is 1.07. The minimum Gasteiger partial charge on any atom is -0.310 e. The smallest absolute Gasteiger partial charge is 0.0541 e. The second-order valence-corrected chi connectivity index (χ2v) is 14.6. The molecule has 0 N–H and O–H groups in total. The van der Waals surface area contributed by atoms with Crippen molar-refractivity contribution in [2.75, 3.05) is 4.90 Å². The van der Waals surface area contributed by atoms with Crippen LogP contribution in [0.15, 0.2) is 218 Å². The van der Waals surface area contributed by atoms with E-state index in [4.69, 9.17) is 0 Å². The molecule has 0 saturated carbocycles. The maximum atomic E-state index is 2.40. The first-order valence-electron chi connectivity index (χ1n) is 19.3. The Kier molecular flexibility index (Phi) is 7.53. The fourth-order valence-corrected chi connectivity index (χ4v) is 8.68. The number of rotatable bonds is 6. The molecule has 11 aromatic rings. The largest absolute Gasteiger partial charge is 0.310 e. The molecule has 1 heterocycles. The highest BCUT2D eigenvalue weighted by Crippen LogP contribution is 2.41. The fraction of sp³-hybridized carbons (Fsp3) is 0. The van der Waals surface area contributed by atoms with Crippen molar-refractivity contribution < 1.29 is 0 Å². The summed E-state index contributed by atoms with van der Waals surface area (Å²) in [6.07, 6.45) is 0. The number of benzene rings is 10. The average molecular weight is 713 g/mol. The van der Waals surface area contributed by atoms with Gasteiger partial charge in [0.2, 0.25) is 0 Å². The molecular formula is C54H36N2. The SMILES string of the molecule is c1ccc(-n2c3ccccc3c3cc(-c4cccc(N(c5ccc(-c6cccc7ccccc67)cc5)c5ccc6ccc7ccccc7c6c5)c4)ccc32)cc1. The van der Waals surface area contributed by atoms with Gasteiger partial charge in [0.05, 0.1) is 11.0 Å². The Labute approximate surface area is 325 Å². The third-order valence-electron chi connectivity index (χ3n) is 11.3. The van der Waals surface area contributed by atoms with Gasteiger partial charge in [0.1, 0.15) is 0 Å². The van der Waals surface area contributed by atoms with E-state index in [9.17, 15) is 0 Å². The van der Waals surface area contributed by atoms with Crippen LogP contribution >= 0.6 is 0 Å². The van der Waals surface area contributed by atoms with Crippen LogP contribution in [0, 0.1) is 0 Å². The molecule has 56 heavy (non-hydrogen) atoms. The molecule has 2 nitrogen and oxygen atoms in total. The summed E-state index contributed by atoms with van der Waals surface area (Å²) in [6.45, 7) is 0. The van der Waals surface area contributed by atoms with Crippen molar-refractivity contribution in [1.82, 2.24) is 4.57 Å². The van der Waals surface area contributed by atoms with Gasteiger partial charge in [-0.05, 0) is 121 Å². The van der Waals surface area contributed by atoms with E-state index in [0.717, 1.165) is 17.1 Å². The molecule has 0 bridgehead atoms. The zero-order valence-electron chi connectivity index (χ0n) is 30.7. The first-order chi connectivity index (χ1) is 27.8.